The van der Waals surface area contributed by atoms with Crippen molar-refractivity contribution in [3.05, 3.63) is 29.7 Å². The summed E-state index contributed by atoms with van der Waals surface area (Å²) in [5.74, 6) is -0.155. The Balaban J connectivity index is 2.70. The molecule has 0 atom stereocenters. The number of carbonyl (C=O) groups excluding carboxylic acids is 1. The predicted molar refractivity (Wildman–Crippen MR) is 68.2 cm³/mol. The lowest BCUT2D eigenvalue weighted by Crippen LogP contribution is -2.08. The van der Waals surface area contributed by atoms with Crippen LogP contribution in [0.5, 0.6) is 0 Å². The van der Waals surface area contributed by atoms with Crippen LogP contribution in [0.15, 0.2) is 23.5 Å². The van der Waals surface area contributed by atoms with Crippen LogP contribution in [0.2, 0.25) is 0 Å². The van der Waals surface area contributed by atoms with Gasteiger partial charge in [0.2, 0.25) is 5.91 Å². The largest absolute Gasteiger partial charge is 0.411 e. The third kappa shape index (κ3) is 1.92. The molecule has 18 heavy (non-hydrogen) atoms. The van der Waals surface area contributed by atoms with Gasteiger partial charge in [-0.15, -0.1) is 0 Å². The van der Waals surface area contributed by atoms with Crippen LogP contribution in [-0.2, 0) is 4.79 Å². The molecule has 0 bridgehead atoms. The van der Waals surface area contributed by atoms with E-state index in [9.17, 15) is 4.79 Å². The maximum Gasteiger partial charge on any atom is 0.221 e. The molecule has 94 valence electrons. The van der Waals surface area contributed by atoms with E-state index < -0.39 is 0 Å². The molecule has 0 radical (unpaired) electrons. The number of carbonyl (C=O) groups is 1. The van der Waals surface area contributed by atoms with Crippen molar-refractivity contribution in [3.63, 3.8) is 0 Å². The fraction of sp³-hybridized carbons (Fsp3) is 0.250. The Morgan fingerprint density at radius 3 is 2.83 bits per heavy atom. The number of rotatable bonds is 2. The number of hydrogen-bond donors (Lipinski definition) is 2. The molecule has 2 heterocycles. The minimum Gasteiger partial charge on any atom is -0.411 e. The Hall–Kier alpha value is -2.37. The second-order valence-corrected chi connectivity index (χ2v) is 4.03. The normalized spacial score (nSPS) is 11.8. The summed E-state index contributed by atoms with van der Waals surface area (Å²) in [5.41, 5.74) is 3.19. The minimum absolute atomic E-state index is 0.155. The fourth-order valence-electron chi connectivity index (χ4n) is 1.95. The van der Waals surface area contributed by atoms with Gasteiger partial charge in [0.25, 0.3) is 0 Å². The number of hydrogen-bond acceptors (Lipinski definition) is 4. The minimum atomic E-state index is -0.155. The second kappa shape index (κ2) is 4.48. The summed E-state index contributed by atoms with van der Waals surface area (Å²) >= 11 is 0. The molecule has 0 saturated heterocycles. The highest BCUT2D eigenvalue weighted by molar-refractivity contribution is 6.00. The zero-order chi connectivity index (χ0) is 13.3. The first kappa shape index (κ1) is 12.1. The van der Waals surface area contributed by atoms with Crippen LogP contribution in [0.1, 0.15) is 25.2 Å². The monoisotopic (exact) mass is 246 g/mol. The zero-order valence-corrected chi connectivity index (χ0v) is 10.4. The lowest BCUT2D eigenvalue weighted by atomic mass is 10.2. The van der Waals surface area contributed by atoms with Gasteiger partial charge in [0.15, 0.2) is 5.65 Å². The first-order valence-electron chi connectivity index (χ1n) is 5.49. The van der Waals surface area contributed by atoms with Gasteiger partial charge in [0.1, 0.15) is 5.71 Å². The SMILES string of the molecule is CC(=O)Nc1cccn2c(/C(C)=N/O)c(C)nc12. The van der Waals surface area contributed by atoms with Crippen LogP contribution >= 0.6 is 0 Å². The molecule has 0 unspecified atom stereocenters. The van der Waals surface area contributed by atoms with Gasteiger partial charge in [-0.3, -0.25) is 9.20 Å². The average Bonchev–Trinajstić information content (AvgIpc) is 2.65. The van der Waals surface area contributed by atoms with Crippen LogP contribution in [0, 0.1) is 6.92 Å². The summed E-state index contributed by atoms with van der Waals surface area (Å²) in [6.45, 7) is 4.97. The van der Waals surface area contributed by atoms with E-state index in [0.717, 1.165) is 11.4 Å². The number of nitrogens with zero attached hydrogens (tertiary/aromatic N) is 3. The molecule has 0 spiro atoms. The van der Waals surface area contributed by atoms with Crippen LogP contribution in [-0.4, -0.2) is 26.2 Å². The number of oxime groups is 1. The van der Waals surface area contributed by atoms with Crippen LogP contribution in [0.3, 0.4) is 0 Å². The topological polar surface area (TPSA) is 79.0 Å². The Bertz CT molecular complexity index is 643. The summed E-state index contributed by atoms with van der Waals surface area (Å²) in [7, 11) is 0. The molecule has 2 aromatic rings. The quantitative estimate of drug-likeness (QED) is 0.481. The molecule has 1 amide bonds. The van der Waals surface area contributed by atoms with Crippen molar-refractivity contribution in [1.29, 1.82) is 0 Å². The van der Waals surface area contributed by atoms with Crippen molar-refractivity contribution < 1.29 is 10.0 Å². The van der Waals surface area contributed by atoms with Crippen LogP contribution in [0.4, 0.5) is 5.69 Å². The Kier molecular flexibility index (Phi) is 3.01. The summed E-state index contributed by atoms with van der Waals surface area (Å²) in [6, 6.07) is 3.58. The third-order valence-corrected chi connectivity index (χ3v) is 2.63. The molecule has 0 saturated carbocycles. The van der Waals surface area contributed by atoms with Gasteiger partial charge in [-0.2, -0.15) is 0 Å². The third-order valence-electron chi connectivity index (χ3n) is 2.63. The maximum atomic E-state index is 11.1. The highest BCUT2D eigenvalue weighted by atomic mass is 16.4. The first-order valence-corrected chi connectivity index (χ1v) is 5.49. The number of anilines is 1. The number of pyridine rings is 1. The van der Waals surface area contributed by atoms with Gasteiger partial charge in [-0.25, -0.2) is 4.98 Å². The van der Waals surface area contributed by atoms with E-state index in [-0.39, 0.29) is 5.91 Å². The van der Waals surface area contributed by atoms with Gasteiger partial charge in [0.05, 0.1) is 17.1 Å². The smallest absolute Gasteiger partial charge is 0.221 e. The zero-order valence-electron chi connectivity index (χ0n) is 10.4. The molecule has 0 aliphatic rings. The molecule has 0 aromatic carbocycles. The van der Waals surface area contributed by atoms with Gasteiger partial charge < -0.3 is 10.5 Å². The number of aryl methyl sites for hydroxylation is 1. The van der Waals surface area contributed by atoms with Gasteiger partial charge in [0, 0.05) is 13.1 Å². The molecule has 2 aromatic heterocycles. The van der Waals surface area contributed by atoms with E-state index in [1.807, 2.05) is 13.1 Å². The standard InChI is InChI=1S/C12H14N4O2/c1-7-11(8(2)15-18)16-6-4-5-10(12(16)13-7)14-9(3)17/h4-6,18H,1-3H3,(H,14,17)/b15-8+. The summed E-state index contributed by atoms with van der Waals surface area (Å²) in [6.07, 6.45) is 1.81. The Morgan fingerprint density at radius 2 is 2.22 bits per heavy atom. The van der Waals surface area contributed by atoms with Gasteiger partial charge in [-0.05, 0) is 26.0 Å². The number of fused-ring (bicyclic) bond motifs is 1. The molecule has 0 aliphatic heterocycles. The molecule has 6 nitrogen and oxygen atoms in total. The van der Waals surface area contributed by atoms with Crippen LogP contribution in [0.25, 0.3) is 5.65 Å². The van der Waals surface area contributed by atoms with Crippen molar-refractivity contribution >= 4 is 23.0 Å². The molecule has 0 aliphatic carbocycles. The fourth-order valence-corrected chi connectivity index (χ4v) is 1.95. The Morgan fingerprint density at radius 1 is 1.50 bits per heavy atom. The van der Waals surface area contributed by atoms with Crippen molar-refractivity contribution in [3.8, 4) is 0 Å². The number of aromatic nitrogens is 2. The summed E-state index contributed by atoms with van der Waals surface area (Å²) in [4.78, 5) is 15.5. The predicted octanol–water partition coefficient (Wildman–Crippen LogP) is 1.80. The molecular weight excluding hydrogens is 232 g/mol. The second-order valence-electron chi connectivity index (χ2n) is 4.03. The van der Waals surface area contributed by atoms with E-state index in [0.29, 0.717) is 17.0 Å². The van der Waals surface area contributed by atoms with E-state index in [4.69, 9.17) is 5.21 Å². The van der Waals surface area contributed by atoms with Gasteiger partial charge in [-0.1, -0.05) is 5.16 Å². The maximum absolute atomic E-state index is 11.1. The molecule has 2 rings (SSSR count). The van der Waals surface area contributed by atoms with E-state index in [1.54, 1.807) is 23.5 Å². The highest BCUT2D eigenvalue weighted by Crippen LogP contribution is 2.20. The van der Waals surface area contributed by atoms with Crippen molar-refractivity contribution in [2.75, 3.05) is 5.32 Å². The van der Waals surface area contributed by atoms with Crippen LogP contribution < -0.4 is 5.32 Å². The number of imidazole rings is 1. The average molecular weight is 246 g/mol. The lowest BCUT2D eigenvalue weighted by Gasteiger charge is -2.05. The molecule has 2 N–H and O–H groups in total. The highest BCUT2D eigenvalue weighted by Gasteiger charge is 2.14. The van der Waals surface area contributed by atoms with Crippen molar-refractivity contribution in [2.24, 2.45) is 5.16 Å². The summed E-state index contributed by atoms with van der Waals surface area (Å²) < 4.78 is 1.79. The number of amides is 1. The van der Waals surface area contributed by atoms with Crippen molar-refractivity contribution in [1.82, 2.24) is 9.38 Å². The number of nitrogens with one attached hydrogen (secondary N) is 1. The Labute approximate surface area is 104 Å². The lowest BCUT2D eigenvalue weighted by molar-refractivity contribution is -0.114. The van der Waals surface area contributed by atoms with Gasteiger partial charge >= 0.3 is 0 Å². The molecular formula is C12H14N4O2. The van der Waals surface area contributed by atoms with E-state index in [1.165, 1.54) is 6.92 Å². The van der Waals surface area contributed by atoms with E-state index in [2.05, 4.69) is 15.5 Å². The molecule has 6 heteroatoms. The van der Waals surface area contributed by atoms with E-state index >= 15 is 0 Å². The van der Waals surface area contributed by atoms with Crippen molar-refractivity contribution in [2.45, 2.75) is 20.8 Å². The summed E-state index contributed by atoms with van der Waals surface area (Å²) in [5, 5.41) is 14.8. The first-order chi connectivity index (χ1) is 8.54. The molecule has 0 fully saturated rings.